The maximum atomic E-state index is 13.9. The summed E-state index contributed by atoms with van der Waals surface area (Å²) in [6.45, 7) is 4.17. The summed E-state index contributed by atoms with van der Waals surface area (Å²) in [5.41, 5.74) is 8.66. The number of carbonyl (C=O) groups is 3. The number of ether oxygens (including phenoxy) is 1. The minimum absolute atomic E-state index is 0.108. The number of nitrogens with one attached hydrogen (secondary N) is 1. The molecule has 4 rings (SSSR count). The number of amides is 3. The van der Waals surface area contributed by atoms with Gasteiger partial charge in [-0.05, 0) is 61.0 Å². The molecule has 3 aromatic carbocycles. The number of aromatic hydroxyl groups is 1. The van der Waals surface area contributed by atoms with Crippen molar-refractivity contribution in [1.82, 2.24) is 4.90 Å². The Hall–Kier alpha value is -4.08. The predicted octanol–water partition coefficient (Wildman–Crippen LogP) is 4.57. The van der Waals surface area contributed by atoms with Crippen molar-refractivity contribution in [2.45, 2.75) is 38.4 Å². The topological polar surface area (TPSA) is 122 Å². The van der Waals surface area contributed by atoms with Crippen LogP contribution in [0.4, 0.5) is 10.5 Å². The van der Waals surface area contributed by atoms with Crippen LogP contribution in [0.1, 0.15) is 34.8 Å². The maximum Gasteiger partial charge on any atom is 0.338 e. The van der Waals surface area contributed by atoms with E-state index in [-0.39, 0.29) is 24.8 Å². The van der Waals surface area contributed by atoms with Crippen molar-refractivity contribution in [3.05, 3.63) is 94.5 Å². The number of phenolic OH excluding ortho intramolecular Hbond substituents is 1. The van der Waals surface area contributed by atoms with Crippen molar-refractivity contribution >= 4 is 35.2 Å². The molecule has 9 nitrogen and oxygen atoms in total. The summed E-state index contributed by atoms with van der Waals surface area (Å²) in [5.74, 6) is -0.959. The first-order valence-electron chi connectivity index (χ1n) is 13.6. The summed E-state index contributed by atoms with van der Waals surface area (Å²) in [6, 6.07) is 19.0. The monoisotopic (exact) mass is 579 g/mol. The molecule has 0 radical (unpaired) electrons. The summed E-state index contributed by atoms with van der Waals surface area (Å²) < 4.78 is 5.71. The number of likely N-dealkylation sites (N-methyl/N-ethyl adjacent to an activating group) is 1. The van der Waals surface area contributed by atoms with Crippen molar-refractivity contribution in [1.29, 1.82) is 0 Å². The SMILES string of the molecule is CCOC(=O)c1ccc(NC(=O)N([C@@H]2CC[N+](C)(Cc3ccc(Cl)cc3)C2)[C@@H](Cc2ccc(O)cc2)C(N)=O)cc1. The number of rotatable bonds is 10. The lowest BCUT2D eigenvalue weighted by Gasteiger charge is -2.36. The second kappa shape index (κ2) is 13.1. The van der Waals surface area contributed by atoms with E-state index in [9.17, 15) is 19.5 Å². The number of phenols is 1. The number of halogens is 1. The van der Waals surface area contributed by atoms with Crippen LogP contribution in [0, 0.1) is 0 Å². The van der Waals surface area contributed by atoms with Crippen LogP contribution in [0.25, 0.3) is 0 Å². The average Bonchev–Trinajstić information content (AvgIpc) is 3.32. The molecule has 1 heterocycles. The highest BCUT2D eigenvalue weighted by Gasteiger charge is 2.43. The van der Waals surface area contributed by atoms with E-state index in [0.717, 1.165) is 24.2 Å². The van der Waals surface area contributed by atoms with Crippen LogP contribution in [0.5, 0.6) is 5.75 Å². The highest BCUT2D eigenvalue weighted by molar-refractivity contribution is 6.30. The largest absolute Gasteiger partial charge is 0.508 e. The fourth-order valence-corrected chi connectivity index (χ4v) is 5.52. The molecule has 1 fully saturated rings. The Bertz CT molecular complexity index is 1360. The molecule has 41 heavy (non-hydrogen) atoms. The third kappa shape index (κ3) is 7.77. The van der Waals surface area contributed by atoms with E-state index in [0.29, 0.717) is 33.7 Å². The number of quaternary nitrogens is 1. The number of urea groups is 1. The lowest BCUT2D eigenvalue weighted by molar-refractivity contribution is -0.911. The van der Waals surface area contributed by atoms with E-state index in [1.807, 2.05) is 24.3 Å². The van der Waals surface area contributed by atoms with Crippen molar-refractivity contribution in [2.75, 3.05) is 32.1 Å². The van der Waals surface area contributed by atoms with Gasteiger partial charge < -0.3 is 30.3 Å². The lowest BCUT2D eigenvalue weighted by atomic mass is 10.0. The average molecular weight is 580 g/mol. The number of benzene rings is 3. The third-order valence-electron chi connectivity index (χ3n) is 7.44. The molecule has 3 amide bonds. The second-order valence-corrected chi connectivity index (χ2v) is 11.1. The third-order valence-corrected chi connectivity index (χ3v) is 7.69. The molecule has 0 aliphatic carbocycles. The van der Waals surface area contributed by atoms with Crippen LogP contribution in [0.2, 0.25) is 5.02 Å². The zero-order valence-corrected chi connectivity index (χ0v) is 24.0. The standard InChI is InChI=1S/C31H35ClN4O5/c1-3-41-30(39)23-8-12-25(13-9-23)34-31(40)35(28(29(33)38)18-21-6-14-27(37)15-7-21)26-16-17-36(2,20-26)19-22-4-10-24(32)11-5-22/h4-15,26,28H,3,16-20H2,1-2H3,(H3-,33,34,37,38,39,40)/p+1/t26-,28+,36?/m1/s1. The fraction of sp³-hybridized carbons (Fsp3) is 0.323. The molecule has 4 N–H and O–H groups in total. The number of likely N-dealkylation sites (tertiary alicyclic amines) is 1. The molecule has 0 bridgehead atoms. The normalized spacial score (nSPS) is 18.9. The number of esters is 1. The molecule has 0 saturated carbocycles. The summed E-state index contributed by atoms with van der Waals surface area (Å²) in [4.78, 5) is 40.3. The molecule has 1 aliphatic rings. The first-order valence-corrected chi connectivity index (χ1v) is 14.0. The fourth-order valence-electron chi connectivity index (χ4n) is 5.40. The number of nitrogens with zero attached hydrogens (tertiary/aromatic N) is 2. The van der Waals surface area contributed by atoms with Gasteiger partial charge in [0, 0.05) is 29.1 Å². The predicted molar refractivity (Wildman–Crippen MR) is 158 cm³/mol. The van der Waals surface area contributed by atoms with Gasteiger partial charge in [-0.2, -0.15) is 0 Å². The van der Waals surface area contributed by atoms with Gasteiger partial charge in [0.05, 0.1) is 38.3 Å². The van der Waals surface area contributed by atoms with E-state index >= 15 is 0 Å². The second-order valence-electron chi connectivity index (χ2n) is 10.7. The van der Waals surface area contributed by atoms with E-state index in [1.165, 1.54) is 0 Å². The van der Waals surface area contributed by atoms with E-state index in [1.54, 1.807) is 60.4 Å². The Morgan fingerprint density at radius 1 is 1.05 bits per heavy atom. The van der Waals surface area contributed by atoms with Gasteiger partial charge in [0.2, 0.25) is 5.91 Å². The minimum Gasteiger partial charge on any atom is -0.508 e. The smallest absolute Gasteiger partial charge is 0.338 e. The number of primary amides is 1. The minimum atomic E-state index is -0.926. The number of carbonyl (C=O) groups excluding carboxylic acids is 3. The van der Waals surface area contributed by atoms with Crippen LogP contribution >= 0.6 is 11.6 Å². The molecular weight excluding hydrogens is 544 g/mol. The zero-order valence-electron chi connectivity index (χ0n) is 23.3. The molecular formula is C31H36ClN4O5+. The van der Waals surface area contributed by atoms with Gasteiger partial charge in [-0.3, -0.25) is 4.79 Å². The maximum absolute atomic E-state index is 13.9. The summed E-state index contributed by atoms with van der Waals surface area (Å²) in [6.07, 6.45) is 0.876. The van der Waals surface area contributed by atoms with E-state index in [2.05, 4.69) is 12.4 Å². The molecule has 216 valence electrons. The molecule has 1 unspecified atom stereocenters. The Morgan fingerprint density at radius 3 is 2.29 bits per heavy atom. The first kappa shape index (κ1) is 29.9. The van der Waals surface area contributed by atoms with E-state index < -0.39 is 23.9 Å². The van der Waals surface area contributed by atoms with E-state index in [4.69, 9.17) is 22.1 Å². The van der Waals surface area contributed by atoms with Crippen molar-refractivity contribution in [3.8, 4) is 5.75 Å². The lowest BCUT2D eigenvalue weighted by Crippen LogP contribution is -2.56. The van der Waals surface area contributed by atoms with Gasteiger partial charge in [0.1, 0.15) is 18.3 Å². The zero-order chi connectivity index (χ0) is 29.6. The summed E-state index contributed by atoms with van der Waals surface area (Å²) >= 11 is 6.07. The van der Waals surface area contributed by atoms with Crippen molar-refractivity contribution in [3.63, 3.8) is 0 Å². The quantitative estimate of drug-likeness (QED) is 0.240. The molecule has 10 heteroatoms. The van der Waals surface area contributed by atoms with Crippen LogP contribution in [-0.2, 0) is 22.5 Å². The Morgan fingerprint density at radius 2 is 1.68 bits per heavy atom. The van der Waals surface area contributed by atoms with Gasteiger partial charge in [-0.15, -0.1) is 0 Å². The van der Waals surface area contributed by atoms with Gasteiger partial charge in [0.15, 0.2) is 0 Å². The van der Waals surface area contributed by atoms with Crippen LogP contribution < -0.4 is 11.1 Å². The van der Waals surface area contributed by atoms with Crippen LogP contribution in [0.15, 0.2) is 72.8 Å². The first-order chi connectivity index (χ1) is 19.6. The van der Waals surface area contributed by atoms with Crippen LogP contribution in [-0.4, -0.2) is 71.2 Å². The van der Waals surface area contributed by atoms with Gasteiger partial charge >= 0.3 is 12.0 Å². The van der Waals surface area contributed by atoms with Crippen LogP contribution in [0.3, 0.4) is 0 Å². The molecule has 0 aromatic heterocycles. The van der Waals surface area contributed by atoms with Gasteiger partial charge in [0.25, 0.3) is 0 Å². The molecule has 1 aliphatic heterocycles. The Labute approximate surface area is 245 Å². The molecule has 3 atom stereocenters. The van der Waals surface area contributed by atoms with Crippen molar-refractivity contribution in [2.24, 2.45) is 5.73 Å². The van der Waals surface area contributed by atoms with Gasteiger partial charge in [-0.25, -0.2) is 9.59 Å². The van der Waals surface area contributed by atoms with Crippen molar-refractivity contribution < 1.29 is 28.7 Å². The number of anilines is 1. The van der Waals surface area contributed by atoms with Gasteiger partial charge in [-0.1, -0.05) is 35.9 Å². The molecule has 3 aromatic rings. The molecule has 1 saturated heterocycles. The Kier molecular flexibility index (Phi) is 9.52. The molecule has 0 spiro atoms. The summed E-state index contributed by atoms with van der Waals surface area (Å²) in [7, 11) is 2.14. The Balaban J connectivity index is 1.59. The highest BCUT2D eigenvalue weighted by atomic mass is 35.5. The number of hydrogen-bond donors (Lipinski definition) is 3. The summed E-state index contributed by atoms with van der Waals surface area (Å²) in [5, 5.41) is 13.3. The number of nitrogens with two attached hydrogens (primary N) is 1. The number of hydrogen-bond acceptors (Lipinski definition) is 5. The highest BCUT2D eigenvalue weighted by Crippen LogP contribution is 2.28.